The minimum absolute atomic E-state index is 0.241. The number of hydrogen-bond acceptors (Lipinski definition) is 3. The van der Waals surface area contributed by atoms with E-state index in [0.717, 1.165) is 11.1 Å². The van der Waals surface area contributed by atoms with Gasteiger partial charge in [-0.25, -0.2) is 4.79 Å². The van der Waals surface area contributed by atoms with E-state index < -0.39 is 11.9 Å². The van der Waals surface area contributed by atoms with Crippen molar-refractivity contribution in [2.75, 3.05) is 0 Å². The fraction of sp³-hybridized carbons (Fsp3) is 0.455. The van der Waals surface area contributed by atoms with Crippen molar-refractivity contribution in [1.82, 2.24) is 0 Å². The fourth-order valence-corrected chi connectivity index (χ4v) is 3.04. The molecular weight excluding hydrogens is 312 g/mol. The molecule has 0 spiro atoms. The normalized spacial score (nSPS) is 19.0. The molecule has 3 nitrogen and oxygen atoms in total. The van der Waals surface area contributed by atoms with E-state index in [1.165, 1.54) is 43.4 Å². The molecule has 0 bridgehead atoms. The summed E-state index contributed by atoms with van der Waals surface area (Å²) in [6.07, 6.45) is 15.1. The Kier molecular flexibility index (Phi) is 7.82. The Balaban J connectivity index is 2.74. The highest BCUT2D eigenvalue weighted by molar-refractivity contribution is 5.91. The Bertz CT molecular complexity index is 667. The lowest BCUT2D eigenvalue weighted by Gasteiger charge is -2.32. The molecule has 0 N–H and O–H groups in total. The molecule has 3 heteroatoms. The number of ether oxygens (including phenoxy) is 1. The number of esters is 2. The number of hydrogen-bond donors (Lipinski definition) is 0. The molecule has 1 rings (SSSR count). The summed E-state index contributed by atoms with van der Waals surface area (Å²) in [5.74, 6) is -1.24. The molecule has 0 amide bonds. The topological polar surface area (TPSA) is 43.4 Å². The maximum atomic E-state index is 11.3. The zero-order chi connectivity index (χ0) is 19.0. The van der Waals surface area contributed by atoms with Gasteiger partial charge in [-0.2, -0.15) is 0 Å². The van der Waals surface area contributed by atoms with Crippen LogP contribution in [0.25, 0.3) is 0 Å². The Hall–Kier alpha value is -2.16. The Morgan fingerprint density at radius 3 is 2.36 bits per heavy atom. The maximum absolute atomic E-state index is 11.3. The molecular formula is C22H30O3. The summed E-state index contributed by atoms with van der Waals surface area (Å²) < 4.78 is 4.46. The summed E-state index contributed by atoms with van der Waals surface area (Å²) in [6, 6.07) is 0. The van der Waals surface area contributed by atoms with E-state index >= 15 is 0 Å². The molecule has 1 aliphatic rings. The van der Waals surface area contributed by atoms with Gasteiger partial charge in [0.25, 0.3) is 0 Å². The summed E-state index contributed by atoms with van der Waals surface area (Å²) in [4.78, 5) is 22.0. The van der Waals surface area contributed by atoms with Crippen LogP contribution < -0.4 is 0 Å². The third-order valence-corrected chi connectivity index (χ3v) is 4.36. The molecule has 0 saturated heterocycles. The van der Waals surface area contributed by atoms with Gasteiger partial charge in [0.1, 0.15) is 0 Å². The van der Waals surface area contributed by atoms with E-state index in [1.54, 1.807) is 6.92 Å². The molecule has 0 fully saturated rings. The third kappa shape index (κ3) is 7.51. The van der Waals surface area contributed by atoms with Crippen LogP contribution in [0.5, 0.6) is 0 Å². The number of allylic oxidation sites excluding steroid dienone is 9. The lowest BCUT2D eigenvalue weighted by molar-refractivity contribution is -0.154. The van der Waals surface area contributed by atoms with Crippen molar-refractivity contribution in [3.05, 3.63) is 58.7 Å². The first-order chi connectivity index (χ1) is 11.6. The standard InChI is InChI=1S/C22H30O3/c1-16(9-7-10-17(2)15-21(24)25-19(4)23)12-13-20-18(3)11-8-14-22(20,5)6/h7,9-10,12-13,15H,8,11,14H2,1-6H3/b10-7+,13-12+,16-9-,17-15+. The molecule has 0 unspecified atom stereocenters. The molecule has 0 aliphatic heterocycles. The second-order valence-corrected chi connectivity index (χ2v) is 7.34. The number of carbonyl (C=O) groups is 2. The number of rotatable bonds is 5. The maximum Gasteiger partial charge on any atom is 0.338 e. The van der Waals surface area contributed by atoms with Gasteiger partial charge in [0, 0.05) is 13.0 Å². The highest BCUT2D eigenvalue weighted by Crippen LogP contribution is 2.40. The van der Waals surface area contributed by atoms with E-state index in [0.29, 0.717) is 0 Å². The van der Waals surface area contributed by atoms with Gasteiger partial charge in [-0.3, -0.25) is 4.79 Å². The van der Waals surface area contributed by atoms with E-state index in [-0.39, 0.29) is 5.41 Å². The zero-order valence-electron chi connectivity index (χ0n) is 16.3. The quantitative estimate of drug-likeness (QED) is 0.282. The summed E-state index contributed by atoms with van der Waals surface area (Å²) >= 11 is 0. The summed E-state index contributed by atoms with van der Waals surface area (Å²) in [7, 11) is 0. The zero-order valence-corrected chi connectivity index (χ0v) is 16.3. The van der Waals surface area contributed by atoms with Crippen LogP contribution in [0.4, 0.5) is 0 Å². The SMILES string of the molecule is CC(=O)OC(=O)/C=C(C)/C=C/C=C(C)\C=C\C1=C(C)CCCC1(C)C. The van der Waals surface area contributed by atoms with Crippen LogP contribution >= 0.6 is 0 Å². The second kappa shape index (κ2) is 9.36. The van der Waals surface area contributed by atoms with Gasteiger partial charge in [-0.15, -0.1) is 0 Å². The lowest BCUT2D eigenvalue weighted by atomic mass is 9.72. The highest BCUT2D eigenvalue weighted by Gasteiger charge is 2.26. The first kappa shape index (κ1) is 20.9. The fourth-order valence-electron chi connectivity index (χ4n) is 3.04. The summed E-state index contributed by atoms with van der Waals surface area (Å²) in [6.45, 7) is 11.9. The molecule has 25 heavy (non-hydrogen) atoms. The molecule has 136 valence electrons. The average molecular weight is 342 g/mol. The summed E-state index contributed by atoms with van der Waals surface area (Å²) in [5.41, 5.74) is 5.03. The van der Waals surface area contributed by atoms with E-state index in [9.17, 15) is 9.59 Å². The molecule has 0 aromatic rings. The van der Waals surface area contributed by atoms with Crippen molar-refractivity contribution in [2.45, 2.75) is 60.8 Å². The molecule has 0 aromatic carbocycles. The van der Waals surface area contributed by atoms with Crippen LogP contribution in [0.1, 0.15) is 60.8 Å². The Morgan fingerprint density at radius 1 is 1.08 bits per heavy atom. The molecule has 0 heterocycles. The van der Waals surface area contributed by atoms with Crippen molar-refractivity contribution in [3.8, 4) is 0 Å². The van der Waals surface area contributed by atoms with Crippen molar-refractivity contribution in [2.24, 2.45) is 5.41 Å². The van der Waals surface area contributed by atoms with Gasteiger partial charge >= 0.3 is 11.9 Å². The predicted octanol–water partition coefficient (Wildman–Crippen LogP) is 5.61. The molecule has 1 aliphatic carbocycles. The van der Waals surface area contributed by atoms with Crippen molar-refractivity contribution < 1.29 is 14.3 Å². The minimum Gasteiger partial charge on any atom is -0.390 e. The van der Waals surface area contributed by atoms with Gasteiger partial charge in [0.2, 0.25) is 0 Å². The van der Waals surface area contributed by atoms with Crippen molar-refractivity contribution in [3.63, 3.8) is 0 Å². The van der Waals surface area contributed by atoms with E-state index in [1.807, 2.05) is 18.2 Å². The van der Waals surface area contributed by atoms with E-state index in [2.05, 4.69) is 44.6 Å². The van der Waals surface area contributed by atoms with Gasteiger partial charge in [-0.1, -0.05) is 55.4 Å². The van der Waals surface area contributed by atoms with Crippen LogP contribution in [0.2, 0.25) is 0 Å². The third-order valence-electron chi connectivity index (χ3n) is 4.36. The Morgan fingerprint density at radius 2 is 1.76 bits per heavy atom. The van der Waals surface area contributed by atoms with Gasteiger partial charge in [-0.05, 0) is 56.6 Å². The van der Waals surface area contributed by atoms with E-state index in [4.69, 9.17) is 0 Å². The second-order valence-electron chi connectivity index (χ2n) is 7.34. The lowest BCUT2D eigenvalue weighted by Crippen LogP contribution is -2.19. The molecule has 0 aromatic heterocycles. The molecule has 0 saturated carbocycles. The van der Waals surface area contributed by atoms with Crippen LogP contribution in [0.15, 0.2) is 58.7 Å². The average Bonchev–Trinajstić information content (AvgIpc) is 2.44. The van der Waals surface area contributed by atoms with Crippen molar-refractivity contribution in [1.29, 1.82) is 0 Å². The van der Waals surface area contributed by atoms with Gasteiger partial charge < -0.3 is 4.74 Å². The largest absolute Gasteiger partial charge is 0.390 e. The smallest absolute Gasteiger partial charge is 0.338 e. The number of carbonyl (C=O) groups excluding carboxylic acids is 2. The van der Waals surface area contributed by atoms with Crippen molar-refractivity contribution >= 4 is 11.9 Å². The molecule has 0 atom stereocenters. The predicted molar refractivity (Wildman–Crippen MR) is 103 cm³/mol. The van der Waals surface area contributed by atoms with Crippen LogP contribution in [0.3, 0.4) is 0 Å². The summed E-state index contributed by atoms with van der Waals surface area (Å²) in [5, 5.41) is 0. The first-order valence-corrected chi connectivity index (χ1v) is 8.76. The van der Waals surface area contributed by atoms with Gasteiger partial charge in [0.05, 0.1) is 0 Å². The highest BCUT2D eigenvalue weighted by atomic mass is 16.6. The van der Waals surface area contributed by atoms with Crippen LogP contribution in [0, 0.1) is 5.41 Å². The van der Waals surface area contributed by atoms with Crippen LogP contribution in [-0.2, 0) is 14.3 Å². The Labute approximate surface area is 151 Å². The monoisotopic (exact) mass is 342 g/mol. The van der Waals surface area contributed by atoms with Crippen LogP contribution in [-0.4, -0.2) is 11.9 Å². The first-order valence-electron chi connectivity index (χ1n) is 8.76. The minimum atomic E-state index is -0.641. The molecule has 0 radical (unpaired) electrons. The van der Waals surface area contributed by atoms with Gasteiger partial charge in [0.15, 0.2) is 0 Å².